The molecular weight excluding hydrogens is 335 g/mol. The van der Waals surface area contributed by atoms with Gasteiger partial charge in [-0.05, 0) is 38.5 Å². The summed E-state index contributed by atoms with van der Waals surface area (Å²) in [5.41, 5.74) is -2.04. The lowest BCUT2D eigenvalue weighted by molar-refractivity contribution is -0.172. The molecule has 3 rings (SSSR count). The van der Waals surface area contributed by atoms with E-state index in [2.05, 4.69) is 0 Å². The molecule has 8 heteroatoms. The Balaban J connectivity index is 1.45. The van der Waals surface area contributed by atoms with Gasteiger partial charge in [-0.25, -0.2) is 9.18 Å². The summed E-state index contributed by atoms with van der Waals surface area (Å²) in [5.74, 6) is -5.00. The van der Waals surface area contributed by atoms with Gasteiger partial charge in [0, 0.05) is 12.8 Å². The molecule has 1 N–H and O–H groups in total. The molecule has 0 heterocycles. The van der Waals surface area contributed by atoms with Crippen LogP contribution in [0.15, 0.2) is 0 Å². The average molecular weight is 358 g/mol. The summed E-state index contributed by atoms with van der Waals surface area (Å²) < 4.78 is 29.7. The molecule has 0 saturated heterocycles. The summed E-state index contributed by atoms with van der Waals surface area (Å²) in [5, 5.41) is 9.05. The van der Waals surface area contributed by atoms with Crippen molar-refractivity contribution in [2.75, 3.05) is 0 Å². The van der Waals surface area contributed by atoms with Crippen LogP contribution in [0.2, 0.25) is 0 Å². The summed E-state index contributed by atoms with van der Waals surface area (Å²) >= 11 is 0. The van der Waals surface area contributed by atoms with Gasteiger partial charge in [0.1, 0.15) is 11.8 Å². The van der Waals surface area contributed by atoms with E-state index in [1.807, 2.05) is 0 Å². The topological polar surface area (TPSA) is 99.1 Å². The zero-order valence-electron chi connectivity index (χ0n) is 14.1. The lowest BCUT2D eigenvalue weighted by atomic mass is 9.98. The highest BCUT2D eigenvalue weighted by Gasteiger charge is 2.78. The second-order valence-corrected chi connectivity index (χ2v) is 7.13. The molecular formula is C17H23FO7. The van der Waals surface area contributed by atoms with E-state index in [9.17, 15) is 18.8 Å². The Morgan fingerprint density at radius 2 is 1.76 bits per heavy atom. The van der Waals surface area contributed by atoms with E-state index in [0.29, 0.717) is 6.42 Å². The van der Waals surface area contributed by atoms with Crippen LogP contribution in [0.3, 0.4) is 0 Å². The van der Waals surface area contributed by atoms with Gasteiger partial charge in [-0.1, -0.05) is 6.42 Å². The molecule has 3 aliphatic rings. The van der Waals surface area contributed by atoms with Crippen LogP contribution in [0.4, 0.5) is 9.18 Å². The average Bonchev–Trinajstić information content (AvgIpc) is 2.98. The highest BCUT2D eigenvalue weighted by Crippen LogP contribution is 2.67. The molecule has 5 atom stereocenters. The Morgan fingerprint density at radius 3 is 2.40 bits per heavy atom. The second kappa shape index (κ2) is 6.80. The Kier molecular flexibility index (Phi) is 4.88. The van der Waals surface area contributed by atoms with Gasteiger partial charge in [-0.3, -0.25) is 9.59 Å². The summed E-state index contributed by atoms with van der Waals surface area (Å²) in [7, 11) is 0. The van der Waals surface area contributed by atoms with Gasteiger partial charge in [0.2, 0.25) is 6.29 Å². The molecule has 25 heavy (non-hydrogen) atoms. The third-order valence-electron chi connectivity index (χ3n) is 5.55. The lowest BCUT2D eigenvalue weighted by Crippen LogP contribution is -2.31. The van der Waals surface area contributed by atoms with Gasteiger partial charge >= 0.3 is 18.1 Å². The standard InChI is InChI=1S/C17H23FO7/c1-9(24-16(22)25-10-5-3-2-4-6-10)23-15(21)13-11-7-8-12(14(19)20)17(11,13)18/h9-13H,2-8H2,1H3,(H,19,20). The van der Waals surface area contributed by atoms with Crippen LogP contribution in [0.5, 0.6) is 0 Å². The normalized spacial score (nSPS) is 35.4. The SMILES string of the molecule is CC(OC(=O)OC1CCCCC1)OC(=O)C1C2CCC(C(=O)O)C21F. The molecule has 0 aromatic carbocycles. The van der Waals surface area contributed by atoms with Gasteiger partial charge in [0.15, 0.2) is 0 Å². The molecule has 140 valence electrons. The highest BCUT2D eigenvalue weighted by molar-refractivity contribution is 5.84. The minimum atomic E-state index is -2.04. The van der Waals surface area contributed by atoms with Crippen LogP contribution < -0.4 is 0 Å². The van der Waals surface area contributed by atoms with Crippen molar-refractivity contribution in [2.24, 2.45) is 17.8 Å². The number of carboxylic acid groups (broad SMARTS) is 1. The number of carboxylic acids is 1. The monoisotopic (exact) mass is 358 g/mol. The number of ether oxygens (including phenoxy) is 3. The number of alkyl halides is 1. The minimum Gasteiger partial charge on any atom is -0.481 e. The Labute approximate surface area is 144 Å². The molecule has 3 aliphatic carbocycles. The first-order chi connectivity index (χ1) is 11.8. The molecule has 3 fully saturated rings. The van der Waals surface area contributed by atoms with Gasteiger partial charge < -0.3 is 19.3 Å². The molecule has 0 aromatic rings. The fourth-order valence-corrected chi connectivity index (χ4v) is 4.28. The van der Waals surface area contributed by atoms with Crippen LogP contribution in [0.1, 0.15) is 51.9 Å². The maximum absolute atomic E-state index is 14.7. The van der Waals surface area contributed by atoms with Gasteiger partial charge in [-0.15, -0.1) is 0 Å². The van der Waals surface area contributed by atoms with Crippen LogP contribution >= 0.6 is 0 Å². The Morgan fingerprint density at radius 1 is 1.08 bits per heavy atom. The van der Waals surface area contributed by atoms with E-state index in [-0.39, 0.29) is 12.5 Å². The number of hydrogen-bond donors (Lipinski definition) is 1. The van der Waals surface area contributed by atoms with Crippen molar-refractivity contribution >= 4 is 18.1 Å². The zero-order valence-corrected chi connectivity index (χ0v) is 14.1. The van der Waals surface area contributed by atoms with Crippen molar-refractivity contribution in [3.05, 3.63) is 0 Å². The predicted octanol–water partition coefficient (Wildman–Crippen LogP) is 2.81. The van der Waals surface area contributed by atoms with Crippen LogP contribution in [0, 0.1) is 17.8 Å². The molecule has 5 unspecified atom stereocenters. The largest absolute Gasteiger partial charge is 0.511 e. The molecule has 0 aliphatic heterocycles. The number of halogens is 1. The zero-order chi connectivity index (χ0) is 18.2. The molecule has 0 radical (unpaired) electrons. The van der Waals surface area contributed by atoms with E-state index in [1.54, 1.807) is 0 Å². The van der Waals surface area contributed by atoms with Gasteiger partial charge in [0.25, 0.3) is 0 Å². The lowest BCUT2D eigenvalue weighted by Gasteiger charge is -2.22. The molecule has 0 bridgehead atoms. The highest BCUT2D eigenvalue weighted by atomic mass is 19.1. The van der Waals surface area contributed by atoms with E-state index in [1.165, 1.54) is 6.92 Å². The van der Waals surface area contributed by atoms with Crippen molar-refractivity contribution in [3.63, 3.8) is 0 Å². The first-order valence-corrected chi connectivity index (χ1v) is 8.83. The van der Waals surface area contributed by atoms with E-state index < -0.39 is 47.8 Å². The summed E-state index contributed by atoms with van der Waals surface area (Å²) in [6, 6.07) is 0. The number of rotatable bonds is 5. The van der Waals surface area contributed by atoms with E-state index in [4.69, 9.17) is 19.3 Å². The third-order valence-corrected chi connectivity index (χ3v) is 5.55. The Bertz CT molecular complexity index is 559. The minimum absolute atomic E-state index is 0.183. The second-order valence-electron chi connectivity index (χ2n) is 7.13. The van der Waals surface area contributed by atoms with Crippen LogP contribution in [0.25, 0.3) is 0 Å². The number of carbonyl (C=O) groups is 3. The maximum Gasteiger partial charge on any atom is 0.511 e. The van der Waals surface area contributed by atoms with Gasteiger partial charge in [0.05, 0.1) is 11.8 Å². The molecule has 3 saturated carbocycles. The van der Waals surface area contributed by atoms with Gasteiger partial charge in [-0.2, -0.15) is 0 Å². The van der Waals surface area contributed by atoms with E-state index in [0.717, 1.165) is 32.1 Å². The number of carbonyl (C=O) groups excluding carboxylic acids is 2. The maximum atomic E-state index is 14.7. The van der Waals surface area contributed by atoms with Crippen molar-refractivity contribution in [2.45, 2.75) is 69.9 Å². The van der Waals surface area contributed by atoms with E-state index >= 15 is 0 Å². The molecule has 0 amide bonds. The molecule has 0 aromatic heterocycles. The molecule has 0 spiro atoms. The van der Waals surface area contributed by atoms with Crippen LogP contribution in [-0.4, -0.2) is 41.3 Å². The first kappa shape index (κ1) is 17.9. The Hall–Kier alpha value is -1.86. The quantitative estimate of drug-likeness (QED) is 0.596. The third kappa shape index (κ3) is 3.43. The smallest absolute Gasteiger partial charge is 0.481 e. The fraction of sp³-hybridized carbons (Fsp3) is 0.824. The predicted molar refractivity (Wildman–Crippen MR) is 81.2 cm³/mol. The van der Waals surface area contributed by atoms with Crippen molar-refractivity contribution in [1.29, 1.82) is 0 Å². The summed E-state index contributed by atoms with van der Waals surface area (Å²) in [6.07, 6.45) is 2.93. The fourth-order valence-electron chi connectivity index (χ4n) is 4.28. The first-order valence-electron chi connectivity index (χ1n) is 8.83. The van der Waals surface area contributed by atoms with Crippen molar-refractivity contribution in [3.8, 4) is 0 Å². The number of esters is 1. The number of aliphatic carboxylic acids is 1. The number of hydrogen-bond acceptors (Lipinski definition) is 6. The molecule has 7 nitrogen and oxygen atoms in total. The van der Waals surface area contributed by atoms with Crippen molar-refractivity contribution in [1.82, 2.24) is 0 Å². The summed E-state index contributed by atoms with van der Waals surface area (Å²) in [6.45, 7) is 1.35. The number of fused-ring (bicyclic) bond motifs is 1. The van der Waals surface area contributed by atoms with Crippen molar-refractivity contribution < 1.29 is 38.1 Å². The van der Waals surface area contributed by atoms with Crippen LogP contribution in [-0.2, 0) is 23.8 Å². The summed E-state index contributed by atoms with van der Waals surface area (Å²) in [4.78, 5) is 34.9.